The zero-order valence-electron chi connectivity index (χ0n) is 8.23. The van der Waals surface area contributed by atoms with Crippen LogP contribution in [0.15, 0.2) is 24.3 Å². The Bertz CT molecular complexity index is 304. The van der Waals surface area contributed by atoms with Crippen molar-refractivity contribution in [2.45, 2.75) is 25.8 Å². The van der Waals surface area contributed by atoms with Crippen LogP contribution in [0.4, 0.5) is 0 Å². The molecule has 0 saturated carbocycles. The van der Waals surface area contributed by atoms with Crippen molar-refractivity contribution in [1.29, 1.82) is 0 Å². The fourth-order valence-electron chi connectivity index (χ4n) is 1.34. The first-order chi connectivity index (χ1) is 6.58. The topological polar surface area (TPSA) is 63.3 Å². The molecule has 0 aliphatic carbocycles. The zero-order valence-corrected chi connectivity index (χ0v) is 8.23. The molecule has 1 aromatic carbocycles. The summed E-state index contributed by atoms with van der Waals surface area (Å²) in [5, 5.41) is 8.56. The summed E-state index contributed by atoms with van der Waals surface area (Å²) < 4.78 is 0. The minimum atomic E-state index is -0.801. The van der Waals surface area contributed by atoms with E-state index in [0.29, 0.717) is 0 Å². The number of hydrogen-bond acceptors (Lipinski definition) is 2. The van der Waals surface area contributed by atoms with Gasteiger partial charge in [0.05, 0.1) is 6.42 Å². The molecule has 1 rings (SSSR count). The molecule has 0 amide bonds. The summed E-state index contributed by atoms with van der Waals surface area (Å²) in [5.74, 6) is -0.801. The van der Waals surface area contributed by atoms with E-state index in [0.717, 1.165) is 17.5 Å². The van der Waals surface area contributed by atoms with Crippen LogP contribution >= 0.6 is 0 Å². The monoisotopic (exact) mass is 193 g/mol. The Hall–Kier alpha value is -1.35. The number of rotatable bonds is 4. The molecule has 3 nitrogen and oxygen atoms in total. The normalized spacial score (nSPS) is 12.4. The van der Waals surface area contributed by atoms with E-state index < -0.39 is 5.97 Å². The van der Waals surface area contributed by atoms with E-state index in [1.54, 1.807) is 0 Å². The number of aliphatic carboxylic acids is 1. The van der Waals surface area contributed by atoms with Crippen LogP contribution in [-0.2, 0) is 17.6 Å². The second-order valence-corrected chi connectivity index (χ2v) is 3.57. The predicted molar refractivity (Wildman–Crippen MR) is 55.1 cm³/mol. The van der Waals surface area contributed by atoms with Crippen molar-refractivity contribution in [3.05, 3.63) is 35.4 Å². The number of carbonyl (C=O) groups is 1. The summed E-state index contributed by atoms with van der Waals surface area (Å²) >= 11 is 0. The standard InChI is InChI=1S/C11H15NO2/c1-8(12)6-9-2-4-10(5-3-9)7-11(13)14/h2-5,8H,6-7,12H2,1H3,(H,13,14)/t8-/m1/s1. The summed E-state index contributed by atoms with van der Waals surface area (Å²) in [6.45, 7) is 1.95. The van der Waals surface area contributed by atoms with Gasteiger partial charge in [0.1, 0.15) is 0 Å². The molecule has 1 aromatic rings. The summed E-state index contributed by atoms with van der Waals surface area (Å²) in [6, 6.07) is 7.68. The van der Waals surface area contributed by atoms with Crippen LogP contribution < -0.4 is 5.73 Å². The number of carboxylic acid groups (broad SMARTS) is 1. The Balaban J connectivity index is 2.63. The van der Waals surface area contributed by atoms with Crippen LogP contribution in [0.25, 0.3) is 0 Å². The highest BCUT2D eigenvalue weighted by Crippen LogP contribution is 2.06. The second kappa shape index (κ2) is 4.77. The minimum absolute atomic E-state index is 0.0818. The Labute approximate surface area is 83.6 Å². The largest absolute Gasteiger partial charge is 0.481 e. The van der Waals surface area contributed by atoms with Gasteiger partial charge in [-0.2, -0.15) is 0 Å². The molecule has 0 saturated heterocycles. The van der Waals surface area contributed by atoms with Crippen LogP contribution in [0.2, 0.25) is 0 Å². The van der Waals surface area contributed by atoms with Crippen LogP contribution in [0.5, 0.6) is 0 Å². The van der Waals surface area contributed by atoms with E-state index in [2.05, 4.69) is 0 Å². The van der Waals surface area contributed by atoms with Crippen molar-refractivity contribution in [3.8, 4) is 0 Å². The molecule has 76 valence electrons. The van der Waals surface area contributed by atoms with Gasteiger partial charge in [-0.3, -0.25) is 4.79 Å². The Morgan fingerprint density at radius 3 is 2.29 bits per heavy atom. The first kappa shape index (κ1) is 10.7. The molecular formula is C11H15NO2. The summed E-state index contributed by atoms with van der Waals surface area (Å²) in [6.07, 6.45) is 0.909. The molecule has 0 fully saturated rings. The number of nitrogens with two attached hydrogens (primary N) is 1. The van der Waals surface area contributed by atoms with Gasteiger partial charge in [-0.1, -0.05) is 24.3 Å². The number of benzene rings is 1. The van der Waals surface area contributed by atoms with Crippen molar-refractivity contribution in [2.24, 2.45) is 5.73 Å². The lowest BCUT2D eigenvalue weighted by atomic mass is 10.0. The van der Waals surface area contributed by atoms with Gasteiger partial charge >= 0.3 is 5.97 Å². The molecule has 1 atom stereocenters. The van der Waals surface area contributed by atoms with E-state index in [-0.39, 0.29) is 12.5 Å². The molecule has 14 heavy (non-hydrogen) atoms. The highest BCUT2D eigenvalue weighted by Gasteiger charge is 2.01. The maximum atomic E-state index is 10.4. The van der Waals surface area contributed by atoms with Crippen LogP contribution in [-0.4, -0.2) is 17.1 Å². The third-order valence-corrected chi connectivity index (χ3v) is 1.94. The first-order valence-corrected chi connectivity index (χ1v) is 4.63. The van der Waals surface area contributed by atoms with Crippen LogP contribution in [0.1, 0.15) is 18.1 Å². The van der Waals surface area contributed by atoms with Gasteiger partial charge in [0.2, 0.25) is 0 Å². The average Bonchev–Trinajstić information content (AvgIpc) is 2.06. The SMILES string of the molecule is C[C@@H](N)Cc1ccc(CC(=O)O)cc1. The van der Waals surface area contributed by atoms with Gasteiger partial charge < -0.3 is 10.8 Å². The zero-order chi connectivity index (χ0) is 10.6. The Morgan fingerprint density at radius 1 is 1.36 bits per heavy atom. The molecule has 0 radical (unpaired) electrons. The van der Waals surface area contributed by atoms with Crippen molar-refractivity contribution < 1.29 is 9.90 Å². The molecule has 0 aliphatic rings. The summed E-state index contributed by atoms with van der Waals surface area (Å²) in [4.78, 5) is 10.4. The van der Waals surface area contributed by atoms with E-state index >= 15 is 0 Å². The lowest BCUT2D eigenvalue weighted by Gasteiger charge is -2.05. The van der Waals surface area contributed by atoms with Gasteiger partial charge in [-0.15, -0.1) is 0 Å². The van der Waals surface area contributed by atoms with Gasteiger partial charge in [0.15, 0.2) is 0 Å². The van der Waals surface area contributed by atoms with Gasteiger partial charge in [0.25, 0.3) is 0 Å². The molecule has 0 bridgehead atoms. The van der Waals surface area contributed by atoms with Gasteiger partial charge in [-0.05, 0) is 24.5 Å². The smallest absolute Gasteiger partial charge is 0.307 e. The fourth-order valence-corrected chi connectivity index (χ4v) is 1.34. The van der Waals surface area contributed by atoms with Gasteiger partial charge in [0, 0.05) is 6.04 Å². The first-order valence-electron chi connectivity index (χ1n) is 4.63. The van der Waals surface area contributed by atoms with Gasteiger partial charge in [-0.25, -0.2) is 0 Å². The van der Waals surface area contributed by atoms with Crippen molar-refractivity contribution in [2.75, 3.05) is 0 Å². The highest BCUT2D eigenvalue weighted by atomic mass is 16.4. The minimum Gasteiger partial charge on any atom is -0.481 e. The van der Waals surface area contributed by atoms with Crippen molar-refractivity contribution >= 4 is 5.97 Å². The molecule has 0 heterocycles. The number of hydrogen-bond donors (Lipinski definition) is 2. The molecule has 0 unspecified atom stereocenters. The third-order valence-electron chi connectivity index (χ3n) is 1.94. The molecule has 0 spiro atoms. The van der Waals surface area contributed by atoms with E-state index in [1.165, 1.54) is 0 Å². The molecule has 3 heteroatoms. The second-order valence-electron chi connectivity index (χ2n) is 3.57. The third kappa shape index (κ3) is 3.58. The summed E-state index contributed by atoms with van der Waals surface area (Å²) in [7, 11) is 0. The average molecular weight is 193 g/mol. The van der Waals surface area contributed by atoms with E-state index in [9.17, 15) is 4.79 Å². The van der Waals surface area contributed by atoms with E-state index in [4.69, 9.17) is 10.8 Å². The van der Waals surface area contributed by atoms with Crippen molar-refractivity contribution in [3.63, 3.8) is 0 Å². The van der Waals surface area contributed by atoms with Crippen LogP contribution in [0, 0.1) is 0 Å². The quantitative estimate of drug-likeness (QED) is 0.755. The predicted octanol–water partition coefficient (Wildman–Crippen LogP) is 1.20. The summed E-state index contributed by atoms with van der Waals surface area (Å²) in [5.41, 5.74) is 7.62. The fraction of sp³-hybridized carbons (Fsp3) is 0.364. The maximum absolute atomic E-state index is 10.4. The maximum Gasteiger partial charge on any atom is 0.307 e. The molecule has 0 aromatic heterocycles. The Kier molecular flexibility index (Phi) is 3.65. The molecule has 3 N–H and O–H groups in total. The van der Waals surface area contributed by atoms with Crippen LogP contribution in [0.3, 0.4) is 0 Å². The van der Waals surface area contributed by atoms with Crippen molar-refractivity contribution in [1.82, 2.24) is 0 Å². The van der Waals surface area contributed by atoms with E-state index in [1.807, 2.05) is 31.2 Å². The number of carboxylic acids is 1. The highest BCUT2D eigenvalue weighted by molar-refractivity contribution is 5.70. The lowest BCUT2D eigenvalue weighted by molar-refractivity contribution is -0.136. The molecule has 0 aliphatic heterocycles. The molecular weight excluding hydrogens is 178 g/mol. The lowest BCUT2D eigenvalue weighted by Crippen LogP contribution is -2.17. The Morgan fingerprint density at radius 2 is 1.86 bits per heavy atom.